The van der Waals surface area contributed by atoms with Crippen molar-refractivity contribution in [1.29, 1.82) is 0 Å². The predicted octanol–water partition coefficient (Wildman–Crippen LogP) is 3.68. The average molecular weight is 274 g/mol. The van der Waals surface area contributed by atoms with Crippen molar-refractivity contribution in [3.8, 4) is 0 Å². The van der Waals surface area contributed by atoms with Crippen LogP contribution in [0.1, 0.15) is 43.1 Å². The number of nitrogens with zero attached hydrogens (tertiary/aromatic N) is 3. The summed E-state index contributed by atoms with van der Waals surface area (Å²) >= 11 is 0. The number of carbonyl (C=O) groups is 2. The molecule has 6 heteroatoms. The van der Waals surface area contributed by atoms with Crippen LogP contribution in [-0.4, -0.2) is 11.8 Å². The molecule has 0 saturated heterocycles. The molecule has 0 spiro atoms. The number of benzene rings is 1. The summed E-state index contributed by atoms with van der Waals surface area (Å²) < 4.78 is 0. The summed E-state index contributed by atoms with van der Waals surface area (Å²) in [5, 5.41) is 5.80. The van der Waals surface area contributed by atoms with Gasteiger partial charge in [-0.15, -0.1) is 0 Å². The number of hydrogen-bond donors (Lipinski definition) is 1. The van der Waals surface area contributed by atoms with Gasteiger partial charge in [0.25, 0.3) is 0 Å². The van der Waals surface area contributed by atoms with Crippen LogP contribution in [0.25, 0.3) is 10.4 Å². The monoisotopic (exact) mass is 274 g/mol. The van der Waals surface area contributed by atoms with Gasteiger partial charge in [-0.3, -0.25) is 9.59 Å². The van der Waals surface area contributed by atoms with Gasteiger partial charge in [-0.1, -0.05) is 13.8 Å². The molecule has 0 heterocycles. The van der Waals surface area contributed by atoms with Crippen LogP contribution in [0.4, 0.5) is 5.69 Å². The third-order valence-corrected chi connectivity index (χ3v) is 2.78. The van der Waals surface area contributed by atoms with E-state index in [0.717, 1.165) is 12.0 Å². The van der Waals surface area contributed by atoms with Gasteiger partial charge in [0.1, 0.15) is 0 Å². The third-order valence-electron chi connectivity index (χ3n) is 2.78. The molecule has 0 saturated carbocycles. The molecule has 0 aliphatic rings. The molecule has 1 N–H and O–H groups in total. The molecule has 0 unspecified atom stereocenters. The number of nitrogens with one attached hydrogen (secondary N) is 1. The zero-order valence-electron chi connectivity index (χ0n) is 11.9. The third kappa shape index (κ3) is 4.74. The fraction of sp³-hybridized carbons (Fsp3) is 0.429. The van der Waals surface area contributed by atoms with Crippen LogP contribution in [0, 0.1) is 5.92 Å². The van der Waals surface area contributed by atoms with Crippen molar-refractivity contribution >= 4 is 17.5 Å². The summed E-state index contributed by atoms with van der Waals surface area (Å²) in [6.45, 7) is 5.60. The summed E-state index contributed by atoms with van der Waals surface area (Å²) in [6.07, 6.45) is 1.59. The van der Waals surface area contributed by atoms with Crippen molar-refractivity contribution in [1.82, 2.24) is 0 Å². The van der Waals surface area contributed by atoms with Crippen molar-refractivity contribution in [2.45, 2.75) is 33.6 Å². The second-order valence-electron chi connectivity index (χ2n) is 4.98. The molecule has 106 valence electrons. The van der Waals surface area contributed by atoms with Gasteiger partial charge in [0.15, 0.2) is 0 Å². The Balaban J connectivity index is 3.11. The molecule has 2 amide bonds. The lowest BCUT2D eigenvalue weighted by molar-refractivity contribution is -0.114. The van der Waals surface area contributed by atoms with Gasteiger partial charge in [-0.05, 0) is 53.2 Å². The molecular weight excluding hydrogens is 256 g/mol. The van der Waals surface area contributed by atoms with Crippen LogP contribution in [0.15, 0.2) is 23.3 Å². The summed E-state index contributed by atoms with van der Waals surface area (Å²) in [7, 11) is 0. The van der Waals surface area contributed by atoms with Crippen LogP contribution in [0.3, 0.4) is 0 Å². The Hall–Kier alpha value is -2.33. The lowest BCUT2D eigenvalue weighted by Crippen LogP contribution is -2.08. The van der Waals surface area contributed by atoms with E-state index >= 15 is 0 Å². The van der Waals surface area contributed by atoms with Crippen LogP contribution in [0.2, 0.25) is 0 Å². The maximum atomic E-state index is 11.7. The van der Waals surface area contributed by atoms with Crippen LogP contribution in [0.5, 0.6) is 0 Å². The molecule has 1 rings (SSSR count). The molecule has 1 aromatic carbocycles. The van der Waals surface area contributed by atoms with E-state index in [4.69, 9.17) is 5.53 Å². The Morgan fingerprint density at radius 1 is 1.40 bits per heavy atom. The summed E-state index contributed by atoms with van der Waals surface area (Å²) in [4.78, 5) is 25.3. The minimum absolute atomic E-state index is 0.172. The molecule has 20 heavy (non-hydrogen) atoms. The summed E-state index contributed by atoms with van der Waals surface area (Å²) in [6, 6.07) is 4.96. The van der Waals surface area contributed by atoms with E-state index in [1.807, 2.05) is 0 Å². The standard InChI is InChI=1S/C14H18N4O2/c1-9(2)4-5-11-8-12(16-10(3)19)6-7-13(11)14(20)17-18-15/h6-9H,4-5H2,1-3H3,(H,16,19). The number of anilines is 1. The number of azide groups is 1. The minimum atomic E-state index is -0.597. The van der Waals surface area contributed by atoms with Gasteiger partial charge in [0, 0.05) is 23.1 Å². The summed E-state index contributed by atoms with van der Waals surface area (Å²) in [5.41, 5.74) is 10.2. The molecule has 0 aromatic heterocycles. The molecule has 0 radical (unpaired) electrons. The van der Waals surface area contributed by atoms with E-state index < -0.39 is 5.91 Å². The van der Waals surface area contributed by atoms with E-state index in [1.54, 1.807) is 18.2 Å². The van der Waals surface area contributed by atoms with E-state index in [2.05, 4.69) is 29.2 Å². The first-order valence-electron chi connectivity index (χ1n) is 6.44. The van der Waals surface area contributed by atoms with Gasteiger partial charge in [-0.2, -0.15) is 0 Å². The van der Waals surface area contributed by atoms with Crippen molar-refractivity contribution in [3.05, 3.63) is 39.8 Å². The van der Waals surface area contributed by atoms with Gasteiger partial charge >= 0.3 is 0 Å². The first-order valence-corrected chi connectivity index (χ1v) is 6.44. The van der Waals surface area contributed by atoms with Gasteiger partial charge < -0.3 is 5.32 Å². The molecule has 6 nitrogen and oxygen atoms in total. The second kappa shape index (κ2) is 7.31. The largest absolute Gasteiger partial charge is 0.326 e. The first kappa shape index (κ1) is 15.7. The fourth-order valence-corrected chi connectivity index (χ4v) is 1.83. The van der Waals surface area contributed by atoms with Gasteiger partial charge in [-0.25, -0.2) is 0 Å². The highest BCUT2D eigenvalue weighted by Gasteiger charge is 2.11. The normalized spacial score (nSPS) is 10.0. The van der Waals surface area contributed by atoms with Crippen molar-refractivity contribution in [3.63, 3.8) is 0 Å². The van der Waals surface area contributed by atoms with Crippen LogP contribution >= 0.6 is 0 Å². The van der Waals surface area contributed by atoms with Gasteiger partial charge in [0.05, 0.1) is 0 Å². The molecule has 0 atom stereocenters. The highest BCUT2D eigenvalue weighted by Crippen LogP contribution is 2.20. The van der Waals surface area contributed by atoms with E-state index in [9.17, 15) is 9.59 Å². The van der Waals surface area contributed by atoms with E-state index in [-0.39, 0.29) is 5.91 Å². The Labute approximate surface area is 117 Å². The lowest BCUT2D eigenvalue weighted by Gasteiger charge is -2.11. The molecular formula is C14H18N4O2. The highest BCUT2D eigenvalue weighted by atomic mass is 16.2. The molecule has 0 fully saturated rings. The van der Waals surface area contributed by atoms with Crippen molar-refractivity contribution in [2.75, 3.05) is 5.32 Å². The highest BCUT2D eigenvalue weighted by molar-refractivity contribution is 5.97. The number of rotatable bonds is 5. The maximum Gasteiger partial charge on any atom is 0.249 e. The molecule has 1 aromatic rings. The van der Waals surface area contributed by atoms with Crippen molar-refractivity contribution in [2.24, 2.45) is 11.0 Å². The average Bonchev–Trinajstić information content (AvgIpc) is 2.36. The molecule has 0 bridgehead atoms. The second-order valence-corrected chi connectivity index (χ2v) is 4.98. The van der Waals surface area contributed by atoms with Crippen LogP contribution in [-0.2, 0) is 11.2 Å². The van der Waals surface area contributed by atoms with Gasteiger partial charge in [0.2, 0.25) is 11.8 Å². The summed E-state index contributed by atoms with van der Waals surface area (Å²) in [5.74, 6) is -0.281. The number of amides is 2. The van der Waals surface area contributed by atoms with E-state index in [1.165, 1.54) is 6.92 Å². The number of aryl methyl sites for hydroxylation is 1. The molecule has 0 aliphatic carbocycles. The van der Waals surface area contributed by atoms with Crippen LogP contribution < -0.4 is 5.32 Å². The predicted molar refractivity (Wildman–Crippen MR) is 77.4 cm³/mol. The zero-order valence-corrected chi connectivity index (χ0v) is 11.9. The smallest absolute Gasteiger partial charge is 0.249 e. The Morgan fingerprint density at radius 3 is 2.65 bits per heavy atom. The number of carbonyl (C=O) groups excluding carboxylic acids is 2. The Kier molecular flexibility index (Phi) is 5.74. The topological polar surface area (TPSA) is 94.9 Å². The van der Waals surface area contributed by atoms with Crippen molar-refractivity contribution < 1.29 is 9.59 Å². The number of hydrogen-bond acceptors (Lipinski definition) is 2. The Bertz CT molecular complexity index is 560. The first-order chi connectivity index (χ1) is 9.43. The zero-order chi connectivity index (χ0) is 15.1. The molecule has 0 aliphatic heterocycles. The minimum Gasteiger partial charge on any atom is -0.326 e. The maximum absolute atomic E-state index is 11.7. The SMILES string of the molecule is CC(=O)Nc1ccc(C(=O)N=[N+]=[N-])c(CCC(C)C)c1. The lowest BCUT2D eigenvalue weighted by atomic mass is 9.97. The quantitative estimate of drug-likeness (QED) is 0.503. The van der Waals surface area contributed by atoms with E-state index in [0.29, 0.717) is 23.6 Å². The fourth-order valence-electron chi connectivity index (χ4n) is 1.83. The Morgan fingerprint density at radius 2 is 2.10 bits per heavy atom.